The average Bonchev–Trinajstić information content (AvgIpc) is 3.54. The van der Waals surface area contributed by atoms with Gasteiger partial charge in [0, 0.05) is 42.7 Å². The number of likely N-dealkylation sites (tertiary alicyclic amines) is 1. The first kappa shape index (κ1) is 25.6. The lowest BCUT2D eigenvalue weighted by molar-refractivity contribution is -0.127. The molecule has 9 nitrogen and oxygen atoms in total. The molecule has 4 rings (SSSR count). The first-order chi connectivity index (χ1) is 18.0. The standard InChI is InChI=1S/C28H31N7O2/c1-4-7-15-30-22(9-5-2)32-28(37)20-13-11-19(12-14-20)24-25-26(29)31-16-18-35(25)27(33-24)21-10-8-17-34(21)23(36)6-3/h5-7,11-16,18,21H,2-4,8-10,17H2,1H3,(H2,29,31)(H,30,32,37)/b15-7-. The summed E-state index contributed by atoms with van der Waals surface area (Å²) >= 11 is 0. The van der Waals surface area contributed by atoms with E-state index in [-0.39, 0.29) is 17.9 Å². The summed E-state index contributed by atoms with van der Waals surface area (Å²) in [5, 5.41) is 2.85. The molecule has 1 unspecified atom stereocenters. The molecule has 1 aliphatic heterocycles. The number of carbonyl (C=O) groups is 2. The molecule has 1 saturated heterocycles. The fourth-order valence-corrected chi connectivity index (χ4v) is 4.44. The molecule has 1 aliphatic rings. The summed E-state index contributed by atoms with van der Waals surface area (Å²) in [6, 6.07) is 6.94. The van der Waals surface area contributed by atoms with Gasteiger partial charge in [-0.05, 0) is 37.5 Å². The summed E-state index contributed by atoms with van der Waals surface area (Å²) in [6.45, 7) is 10.0. The molecular formula is C28H31N7O2. The molecule has 3 aromatic rings. The number of nitrogens with two attached hydrogens (primary N) is 1. The third-order valence-corrected chi connectivity index (χ3v) is 6.21. The van der Waals surface area contributed by atoms with Gasteiger partial charge >= 0.3 is 0 Å². The summed E-state index contributed by atoms with van der Waals surface area (Å²) in [6.07, 6.45) is 13.0. The van der Waals surface area contributed by atoms with Crippen molar-refractivity contribution in [2.24, 2.45) is 4.99 Å². The van der Waals surface area contributed by atoms with Crippen molar-refractivity contribution in [3.05, 3.63) is 85.6 Å². The third kappa shape index (κ3) is 5.35. The van der Waals surface area contributed by atoms with E-state index >= 15 is 0 Å². The van der Waals surface area contributed by atoms with E-state index in [0.29, 0.717) is 41.4 Å². The van der Waals surface area contributed by atoms with E-state index in [4.69, 9.17) is 10.7 Å². The highest BCUT2D eigenvalue weighted by Gasteiger charge is 2.33. The molecule has 0 bridgehead atoms. The fourth-order valence-electron chi connectivity index (χ4n) is 4.44. The molecular weight excluding hydrogens is 466 g/mol. The van der Waals surface area contributed by atoms with Crippen LogP contribution in [0.1, 0.15) is 54.8 Å². The third-order valence-electron chi connectivity index (χ3n) is 6.21. The Labute approximate surface area is 216 Å². The molecule has 3 N–H and O–H groups in total. The van der Waals surface area contributed by atoms with Crippen molar-refractivity contribution in [1.82, 2.24) is 24.6 Å². The molecule has 2 amide bonds. The highest BCUT2D eigenvalue weighted by molar-refractivity contribution is 6.07. The first-order valence-corrected chi connectivity index (χ1v) is 12.3. The summed E-state index contributed by atoms with van der Waals surface area (Å²) in [5.41, 5.74) is 8.85. The second kappa shape index (κ2) is 11.5. The number of amidine groups is 1. The van der Waals surface area contributed by atoms with Gasteiger partial charge in [0.2, 0.25) is 5.91 Å². The molecule has 1 aromatic carbocycles. The van der Waals surface area contributed by atoms with Gasteiger partial charge in [0.15, 0.2) is 0 Å². The zero-order valence-electron chi connectivity index (χ0n) is 20.9. The Morgan fingerprint density at radius 2 is 2.05 bits per heavy atom. The SMILES string of the molecule is C=CCC(=N/C=C\CC)NC(=O)c1ccc(-c2nc(C3CCCN3C(=O)C=C)n3ccnc(N)c23)cc1. The lowest BCUT2D eigenvalue weighted by Gasteiger charge is -2.22. The highest BCUT2D eigenvalue weighted by atomic mass is 16.2. The number of hydrogen-bond acceptors (Lipinski definition) is 6. The Balaban J connectivity index is 1.66. The lowest BCUT2D eigenvalue weighted by Crippen LogP contribution is -2.30. The molecule has 1 fully saturated rings. The molecule has 2 aromatic heterocycles. The van der Waals surface area contributed by atoms with Crippen molar-refractivity contribution in [1.29, 1.82) is 0 Å². The Hall–Kier alpha value is -4.53. The Bertz CT molecular complexity index is 1390. The summed E-state index contributed by atoms with van der Waals surface area (Å²) in [4.78, 5) is 40.6. The molecule has 37 heavy (non-hydrogen) atoms. The number of nitrogens with one attached hydrogen (secondary N) is 1. The smallest absolute Gasteiger partial charge is 0.256 e. The van der Waals surface area contributed by atoms with Gasteiger partial charge in [-0.15, -0.1) is 6.58 Å². The van der Waals surface area contributed by atoms with Gasteiger partial charge in [-0.1, -0.05) is 37.8 Å². The van der Waals surface area contributed by atoms with Gasteiger partial charge in [-0.25, -0.2) is 15.0 Å². The number of benzene rings is 1. The summed E-state index contributed by atoms with van der Waals surface area (Å²) < 4.78 is 1.90. The second-order valence-electron chi connectivity index (χ2n) is 8.64. The van der Waals surface area contributed by atoms with Gasteiger partial charge in [0.25, 0.3) is 5.91 Å². The predicted molar refractivity (Wildman–Crippen MR) is 146 cm³/mol. The number of aliphatic imine (C=N–C) groups is 1. The van der Waals surface area contributed by atoms with Crippen LogP contribution in [-0.2, 0) is 4.79 Å². The number of allylic oxidation sites excluding steroid dienone is 1. The Morgan fingerprint density at radius 3 is 2.76 bits per heavy atom. The molecule has 1 atom stereocenters. The zero-order valence-corrected chi connectivity index (χ0v) is 20.9. The molecule has 0 aliphatic carbocycles. The normalized spacial score (nSPS) is 15.9. The number of imidazole rings is 1. The maximum Gasteiger partial charge on any atom is 0.256 e. The minimum Gasteiger partial charge on any atom is -0.382 e. The minimum atomic E-state index is -0.266. The number of hydrogen-bond donors (Lipinski definition) is 2. The van der Waals surface area contributed by atoms with Crippen molar-refractivity contribution in [2.45, 2.75) is 38.6 Å². The van der Waals surface area contributed by atoms with Crippen molar-refractivity contribution < 1.29 is 9.59 Å². The molecule has 3 heterocycles. The molecule has 0 radical (unpaired) electrons. The van der Waals surface area contributed by atoms with Crippen LogP contribution in [0.15, 0.2) is 79.2 Å². The van der Waals surface area contributed by atoms with Crippen LogP contribution in [0.5, 0.6) is 0 Å². The summed E-state index contributed by atoms with van der Waals surface area (Å²) in [7, 11) is 0. The van der Waals surface area contributed by atoms with E-state index in [9.17, 15) is 9.59 Å². The number of anilines is 1. The molecule has 0 saturated carbocycles. The Kier molecular flexibility index (Phi) is 7.92. The first-order valence-electron chi connectivity index (χ1n) is 12.3. The number of nitrogen functional groups attached to an aromatic ring is 1. The number of amides is 2. The topological polar surface area (TPSA) is 118 Å². The quantitative estimate of drug-likeness (QED) is 0.206. The number of nitrogens with zero attached hydrogens (tertiary/aromatic N) is 5. The maximum absolute atomic E-state index is 12.8. The van der Waals surface area contributed by atoms with Crippen LogP contribution in [0.4, 0.5) is 5.82 Å². The summed E-state index contributed by atoms with van der Waals surface area (Å²) in [5.74, 6) is 1.19. The van der Waals surface area contributed by atoms with Crippen molar-refractivity contribution in [3.8, 4) is 11.3 Å². The van der Waals surface area contributed by atoms with Gasteiger partial charge in [0.05, 0.1) is 6.04 Å². The van der Waals surface area contributed by atoms with Crippen LogP contribution in [0, 0.1) is 0 Å². The molecule has 9 heteroatoms. The largest absolute Gasteiger partial charge is 0.382 e. The lowest BCUT2D eigenvalue weighted by atomic mass is 10.1. The van der Waals surface area contributed by atoms with Crippen LogP contribution in [0.25, 0.3) is 16.8 Å². The predicted octanol–water partition coefficient (Wildman–Crippen LogP) is 4.46. The molecule has 190 valence electrons. The number of rotatable bonds is 8. The number of aromatic nitrogens is 3. The van der Waals surface area contributed by atoms with E-state index in [1.807, 2.05) is 35.7 Å². The minimum absolute atomic E-state index is 0.122. The fraction of sp³-hybridized carbons (Fsp3) is 0.250. The van der Waals surface area contributed by atoms with Crippen LogP contribution in [0.3, 0.4) is 0 Å². The van der Waals surface area contributed by atoms with Crippen molar-refractivity contribution >= 4 is 29.0 Å². The van der Waals surface area contributed by atoms with E-state index < -0.39 is 0 Å². The molecule has 0 spiro atoms. The van der Waals surface area contributed by atoms with Gasteiger partial charge in [-0.3, -0.25) is 14.0 Å². The monoisotopic (exact) mass is 497 g/mol. The average molecular weight is 498 g/mol. The highest BCUT2D eigenvalue weighted by Crippen LogP contribution is 2.36. The van der Waals surface area contributed by atoms with Gasteiger partial charge in [-0.2, -0.15) is 0 Å². The van der Waals surface area contributed by atoms with Crippen LogP contribution in [0.2, 0.25) is 0 Å². The number of fused-ring (bicyclic) bond motifs is 1. The Morgan fingerprint density at radius 1 is 1.27 bits per heavy atom. The van der Waals surface area contributed by atoms with Gasteiger partial charge < -0.3 is 16.0 Å². The van der Waals surface area contributed by atoms with Gasteiger partial charge in [0.1, 0.15) is 28.7 Å². The van der Waals surface area contributed by atoms with E-state index in [2.05, 4.69) is 28.5 Å². The maximum atomic E-state index is 12.8. The van der Waals surface area contributed by atoms with Crippen molar-refractivity contribution in [2.75, 3.05) is 12.3 Å². The zero-order chi connectivity index (χ0) is 26.4. The van der Waals surface area contributed by atoms with E-state index in [1.165, 1.54) is 6.08 Å². The van der Waals surface area contributed by atoms with Crippen LogP contribution in [-0.4, -0.2) is 43.5 Å². The van der Waals surface area contributed by atoms with Crippen molar-refractivity contribution in [3.63, 3.8) is 0 Å². The van der Waals surface area contributed by atoms with E-state index in [0.717, 1.165) is 30.7 Å². The van der Waals surface area contributed by atoms with Crippen LogP contribution < -0.4 is 11.1 Å². The van der Waals surface area contributed by atoms with E-state index in [1.54, 1.807) is 35.5 Å². The number of carbonyl (C=O) groups excluding carboxylic acids is 2. The second-order valence-corrected chi connectivity index (χ2v) is 8.64. The van der Waals surface area contributed by atoms with Crippen LogP contribution >= 0.6 is 0 Å².